The van der Waals surface area contributed by atoms with Crippen LogP contribution >= 0.6 is 11.6 Å². The molecule has 0 aliphatic carbocycles. The molecule has 1 rings (SSSR count). The molecule has 0 saturated carbocycles. The highest BCUT2D eigenvalue weighted by Crippen LogP contribution is 2.26. The fraction of sp³-hybridized carbons (Fsp3) is 0.250. The first-order valence-corrected chi connectivity index (χ1v) is 3.94. The van der Waals surface area contributed by atoms with E-state index >= 15 is 0 Å². The number of ether oxygens (including phenoxy) is 1. The number of hydrogen-bond donors (Lipinski definition) is 1. The fourth-order valence-corrected chi connectivity index (χ4v) is 1.02. The first-order valence-electron chi connectivity index (χ1n) is 3.57. The van der Waals surface area contributed by atoms with Gasteiger partial charge in [0.2, 0.25) is 0 Å². The highest BCUT2D eigenvalue weighted by atomic mass is 35.5. The van der Waals surface area contributed by atoms with E-state index in [4.69, 9.17) is 17.3 Å². The summed E-state index contributed by atoms with van der Waals surface area (Å²) in [5.41, 5.74) is 6.01. The summed E-state index contributed by atoms with van der Waals surface area (Å²) in [6.07, 6.45) is 0. The van der Waals surface area contributed by atoms with Crippen LogP contribution in [0.1, 0.15) is 5.56 Å². The van der Waals surface area contributed by atoms with Crippen molar-refractivity contribution in [2.24, 2.45) is 5.73 Å². The Morgan fingerprint density at radius 1 is 1.46 bits per heavy atom. The quantitative estimate of drug-likeness (QED) is 0.826. The van der Waals surface area contributed by atoms with E-state index < -0.39 is 6.61 Å². The SMILES string of the molecule is NCc1ccc(Cl)c(OC(F)F)c1. The molecule has 5 heteroatoms. The van der Waals surface area contributed by atoms with Gasteiger partial charge in [0.15, 0.2) is 0 Å². The molecule has 0 atom stereocenters. The topological polar surface area (TPSA) is 35.2 Å². The highest BCUT2D eigenvalue weighted by Gasteiger charge is 2.08. The van der Waals surface area contributed by atoms with E-state index in [0.717, 1.165) is 0 Å². The molecule has 0 radical (unpaired) electrons. The van der Waals surface area contributed by atoms with Gasteiger partial charge in [-0.1, -0.05) is 17.7 Å². The van der Waals surface area contributed by atoms with Gasteiger partial charge in [-0.2, -0.15) is 8.78 Å². The Morgan fingerprint density at radius 2 is 2.15 bits per heavy atom. The monoisotopic (exact) mass is 207 g/mol. The molecule has 0 bridgehead atoms. The second kappa shape index (κ2) is 4.39. The molecule has 72 valence electrons. The minimum absolute atomic E-state index is 0.0420. The van der Waals surface area contributed by atoms with Crippen LogP contribution in [0.4, 0.5) is 8.78 Å². The molecule has 0 aliphatic heterocycles. The van der Waals surface area contributed by atoms with Crippen LogP contribution in [0.25, 0.3) is 0 Å². The summed E-state index contributed by atoms with van der Waals surface area (Å²) < 4.78 is 27.8. The van der Waals surface area contributed by atoms with Crippen molar-refractivity contribution in [3.05, 3.63) is 28.8 Å². The van der Waals surface area contributed by atoms with Gasteiger partial charge in [-0.25, -0.2) is 0 Å². The largest absolute Gasteiger partial charge is 0.433 e. The van der Waals surface area contributed by atoms with E-state index in [-0.39, 0.29) is 17.3 Å². The zero-order valence-corrected chi connectivity index (χ0v) is 7.39. The minimum Gasteiger partial charge on any atom is -0.433 e. The van der Waals surface area contributed by atoms with Crippen molar-refractivity contribution in [2.75, 3.05) is 0 Å². The summed E-state index contributed by atoms with van der Waals surface area (Å²) in [6, 6.07) is 4.52. The zero-order chi connectivity index (χ0) is 9.84. The predicted molar refractivity (Wildman–Crippen MR) is 46.0 cm³/mol. The van der Waals surface area contributed by atoms with Gasteiger partial charge in [0.05, 0.1) is 5.02 Å². The summed E-state index contributed by atoms with van der Waals surface area (Å²) in [4.78, 5) is 0. The fourth-order valence-electron chi connectivity index (χ4n) is 0.861. The number of nitrogens with two attached hydrogens (primary N) is 1. The van der Waals surface area contributed by atoms with Crippen LogP contribution in [0.2, 0.25) is 5.02 Å². The number of alkyl halides is 2. The summed E-state index contributed by atoms with van der Waals surface area (Å²) in [6.45, 7) is -2.61. The molecule has 1 aromatic carbocycles. The summed E-state index contributed by atoms with van der Waals surface area (Å²) in [5, 5.41) is 0.150. The van der Waals surface area contributed by atoms with Gasteiger partial charge in [-0.15, -0.1) is 0 Å². The van der Waals surface area contributed by atoms with E-state index in [2.05, 4.69) is 4.74 Å². The first kappa shape index (κ1) is 10.2. The number of benzene rings is 1. The van der Waals surface area contributed by atoms with Crippen LogP contribution < -0.4 is 10.5 Å². The summed E-state index contributed by atoms with van der Waals surface area (Å²) >= 11 is 5.60. The van der Waals surface area contributed by atoms with Gasteiger partial charge >= 0.3 is 6.61 Å². The van der Waals surface area contributed by atoms with E-state index in [9.17, 15) is 8.78 Å². The minimum atomic E-state index is -2.87. The predicted octanol–water partition coefficient (Wildman–Crippen LogP) is 2.40. The molecule has 0 unspecified atom stereocenters. The summed E-state index contributed by atoms with van der Waals surface area (Å²) in [5.74, 6) is -0.0420. The lowest BCUT2D eigenvalue weighted by Gasteiger charge is -2.07. The van der Waals surface area contributed by atoms with Crippen molar-refractivity contribution >= 4 is 11.6 Å². The van der Waals surface area contributed by atoms with Gasteiger partial charge in [-0.3, -0.25) is 0 Å². The maximum absolute atomic E-state index is 11.8. The van der Waals surface area contributed by atoms with Gasteiger partial charge < -0.3 is 10.5 Å². The maximum Gasteiger partial charge on any atom is 0.387 e. The Balaban J connectivity index is 2.90. The molecular formula is C8H8ClF2NO. The second-order valence-electron chi connectivity index (χ2n) is 2.35. The second-order valence-corrected chi connectivity index (χ2v) is 2.75. The number of hydrogen-bond acceptors (Lipinski definition) is 2. The van der Waals surface area contributed by atoms with Crippen LogP contribution in [0.5, 0.6) is 5.75 Å². The Labute approximate surface area is 79.2 Å². The van der Waals surface area contributed by atoms with Crippen molar-refractivity contribution in [3.63, 3.8) is 0 Å². The van der Waals surface area contributed by atoms with Crippen LogP contribution in [0.15, 0.2) is 18.2 Å². The van der Waals surface area contributed by atoms with Crippen molar-refractivity contribution in [2.45, 2.75) is 13.2 Å². The Morgan fingerprint density at radius 3 is 2.69 bits per heavy atom. The van der Waals surface area contributed by atoms with Gasteiger partial charge in [0.1, 0.15) is 5.75 Å². The molecule has 2 nitrogen and oxygen atoms in total. The molecular weight excluding hydrogens is 200 g/mol. The van der Waals surface area contributed by atoms with Crippen LogP contribution in [0, 0.1) is 0 Å². The van der Waals surface area contributed by atoms with E-state index in [1.165, 1.54) is 12.1 Å². The van der Waals surface area contributed by atoms with Crippen LogP contribution in [-0.2, 0) is 6.54 Å². The zero-order valence-electron chi connectivity index (χ0n) is 6.64. The third kappa shape index (κ3) is 2.82. The molecule has 0 aliphatic rings. The summed E-state index contributed by atoms with van der Waals surface area (Å²) in [7, 11) is 0. The van der Waals surface area contributed by atoms with Crippen molar-refractivity contribution in [1.82, 2.24) is 0 Å². The number of halogens is 3. The highest BCUT2D eigenvalue weighted by molar-refractivity contribution is 6.32. The van der Waals surface area contributed by atoms with Gasteiger partial charge in [-0.05, 0) is 17.7 Å². The lowest BCUT2D eigenvalue weighted by molar-refractivity contribution is -0.0498. The maximum atomic E-state index is 11.8. The van der Waals surface area contributed by atoms with Gasteiger partial charge in [0, 0.05) is 6.54 Å². The molecule has 0 saturated heterocycles. The Kier molecular flexibility index (Phi) is 3.45. The van der Waals surface area contributed by atoms with E-state index in [1.807, 2.05) is 0 Å². The molecule has 0 fully saturated rings. The molecule has 0 amide bonds. The third-order valence-corrected chi connectivity index (χ3v) is 1.76. The molecule has 1 aromatic rings. The van der Waals surface area contributed by atoms with Gasteiger partial charge in [0.25, 0.3) is 0 Å². The van der Waals surface area contributed by atoms with Crippen molar-refractivity contribution in [3.8, 4) is 5.75 Å². The molecule has 2 N–H and O–H groups in total. The van der Waals surface area contributed by atoms with Crippen molar-refractivity contribution < 1.29 is 13.5 Å². The average Bonchev–Trinajstić information content (AvgIpc) is 2.08. The smallest absolute Gasteiger partial charge is 0.387 e. The third-order valence-electron chi connectivity index (χ3n) is 1.45. The van der Waals surface area contributed by atoms with Crippen LogP contribution in [0.3, 0.4) is 0 Å². The molecule has 0 aromatic heterocycles. The van der Waals surface area contributed by atoms with Crippen LogP contribution in [-0.4, -0.2) is 6.61 Å². The number of rotatable bonds is 3. The molecule has 0 spiro atoms. The molecule has 0 heterocycles. The van der Waals surface area contributed by atoms with E-state index in [1.54, 1.807) is 6.07 Å². The lowest BCUT2D eigenvalue weighted by Crippen LogP contribution is -2.04. The lowest BCUT2D eigenvalue weighted by atomic mass is 10.2. The van der Waals surface area contributed by atoms with E-state index in [0.29, 0.717) is 5.56 Å². The normalized spacial score (nSPS) is 10.5. The van der Waals surface area contributed by atoms with Crippen molar-refractivity contribution in [1.29, 1.82) is 0 Å². The Bertz CT molecular complexity index is 293. The molecule has 13 heavy (non-hydrogen) atoms. The standard InChI is InChI=1S/C8H8ClF2NO/c9-6-2-1-5(4-12)3-7(6)13-8(10)11/h1-3,8H,4,12H2. The first-order chi connectivity index (χ1) is 6.13. The average molecular weight is 208 g/mol. The Hall–Kier alpha value is -0.870.